The Labute approximate surface area is 246 Å². The molecule has 0 fully saturated rings. The zero-order valence-electron chi connectivity index (χ0n) is 23.9. The highest BCUT2D eigenvalue weighted by Crippen LogP contribution is 2.39. The van der Waals surface area contributed by atoms with E-state index in [1.807, 2.05) is 0 Å². The van der Waals surface area contributed by atoms with Crippen LogP contribution in [-0.2, 0) is 10.4 Å². The third-order valence-corrected chi connectivity index (χ3v) is 4.49. The Balaban J connectivity index is 0.000000709. The SMILES string of the molecule is COc1cc(C(=O)N[NH+]=C(N)N)cc(OC)c1OC.COc1cc(C(=O)N[NH+]=C(N)N)cc(OC)c1OC.O=S(=O)([O-])[O-]. The minimum absolute atomic E-state index is 0.124. The average molecular weight is 635 g/mol. The van der Waals surface area contributed by atoms with E-state index >= 15 is 0 Å². The quantitative estimate of drug-likeness (QED) is 0.0396. The summed E-state index contributed by atoms with van der Waals surface area (Å²) in [6, 6.07) is 6.02. The Hall–Kier alpha value is -5.41. The number of hydrogen-bond acceptors (Lipinski definition) is 12. The number of hydrazone groups is 2. The first kappa shape index (κ1) is 37.6. The average Bonchev–Trinajstić information content (AvgIpc) is 2.96. The van der Waals surface area contributed by atoms with Gasteiger partial charge in [-0.3, -0.25) is 40.9 Å². The van der Waals surface area contributed by atoms with Gasteiger partial charge in [-0.05, 0) is 24.3 Å². The Morgan fingerprint density at radius 1 is 0.605 bits per heavy atom. The van der Waals surface area contributed by atoms with Crippen LogP contribution in [0.5, 0.6) is 34.5 Å². The van der Waals surface area contributed by atoms with Crippen LogP contribution in [0.15, 0.2) is 24.3 Å². The molecular weight excluding hydrogens is 600 g/mol. The molecule has 240 valence electrons. The van der Waals surface area contributed by atoms with Gasteiger partial charge in [0.1, 0.15) is 0 Å². The lowest BCUT2D eigenvalue weighted by atomic mass is 10.1. The molecule has 2 aromatic carbocycles. The lowest BCUT2D eigenvalue weighted by Crippen LogP contribution is -2.88. The molecule has 43 heavy (non-hydrogen) atoms. The van der Waals surface area contributed by atoms with Gasteiger partial charge in [-0.15, -0.1) is 0 Å². The number of rotatable bonds is 10. The number of carbonyl (C=O) groups excluding carboxylic acids is 2. The number of nitrogens with two attached hydrogens (primary N) is 4. The van der Waals surface area contributed by atoms with Crippen LogP contribution in [0.3, 0.4) is 0 Å². The van der Waals surface area contributed by atoms with E-state index in [2.05, 4.69) is 21.1 Å². The van der Waals surface area contributed by atoms with Crippen LogP contribution in [0.25, 0.3) is 0 Å². The molecular formula is C22H34N8O12S. The molecule has 0 aliphatic heterocycles. The summed E-state index contributed by atoms with van der Waals surface area (Å²) < 4.78 is 64.9. The maximum atomic E-state index is 11.8. The van der Waals surface area contributed by atoms with Crippen molar-refractivity contribution in [3.05, 3.63) is 35.4 Å². The van der Waals surface area contributed by atoms with Gasteiger partial charge in [0, 0.05) is 21.5 Å². The van der Waals surface area contributed by atoms with E-state index in [0.29, 0.717) is 45.6 Å². The van der Waals surface area contributed by atoms with Gasteiger partial charge < -0.3 is 37.5 Å². The molecule has 0 saturated heterocycles. The van der Waals surface area contributed by atoms with Crippen molar-refractivity contribution >= 4 is 34.1 Å². The van der Waals surface area contributed by atoms with E-state index in [1.54, 1.807) is 0 Å². The minimum Gasteiger partial charge on any atom is -0.759 e. The van der Waals surface area contributed by atoms with Crippen molar-refractivity contribution in [1.82, 2.24) is 10.9 Å². The summed E-state index contributed by atoms with van der Waals surface area (Å²) in [5, 5.41) is 4.61. The molecule has 2 aromatic rings. The van der Waals surface area contributed by atoms with E-state index in [0.717, 1.165) is 0 Å². The maximum absolute atomic E-state index is 11.8. The molecule has 0 bridgehead atoms. The van der Waals surface area contributed by atoms with Crippen LogP contribution in [-0.4, -0.2) is 83.9 Å². The fraction of sp³-hybridized carbons (Fsp3) is 0.273. The summed E-state index contributed by atoms with van der Waals surface area (Å²) in [4.78, 5) is 23.7. The molecule has 0 unspecified atom stereocenters. The number of guanidine groups is 2. The van der Waals surface area contributed by atoms with Gasteiger partial charge in [0.2, 0.25) is 11.5 Å². The van der Waals surface area contributed by atoms with E-state index < -0.39 is 22.2 Å². The number of nitrogens with one attached hydrogen (secondary N) is 4. The van der Waals surface area contributed by atoms with Crippen molar-refractivity contribution in [2.45, 2.75) is 0 Å². The molecule has 0 aliphatic rings. The summed E-state index contributed by atoms with van der Waals surface area (Å²) in [5.41, 5.74) is 25.9. The number of amides is 2. The lowest BCUT2D eigenvalue weighted by Gasteiger charge is -2.13. The number of carbonyl (C=O) groups is 2. The van der Waals surface area contributed by atoms with Crippen LogP contribution in [0, 0.1) is 0 Å². The summed E-state index contributed by atoms with van der Waals surface area (Å²) in [6.45, 7) is 0. The van der Waals surface area contributed by atoms with Gasteiger partial charge in [-0.1, -0.05) is 0 Å². The van der Waals surface area contributed by atoms with Gasteiger partial charge in [0.15, 0.2) is 23.0 Å². The van der Waals surface area contributed by atoms with Crippen molar-refractivity contribution in [3.63, 3.8) is 0 Å². The standard InChI is InChI=1S/2C11H16N4O4.H2O4S/c2*1-17-7-4-6(10(16)14-15-11(12)13)5-8(18-2)9(7)19-3;1-5(2,3)4/h2*4-5H,1-3H3,(H,14,16)(H4,12,13,15);(H2,1,2,3,4). The number of hydrogen-bond donors (Lipinski definition) is 8. The molecule has 2 amide bonds. The topological polar surface area (TPSA) is 326 Å². The lowest BCUT2D eigenvalue weighted by molar-refractivity contribution is -0.510. The molecule has 20 nitrogen and oxygen atoms in total. The summed E-state index contributed by atoms with van der Waals surface area (Å²) in [7, 11) is 3.63. The van der Waals surface area contributed by atoms with Crippen LogP contribution >= 0.6 is 0 Å². The first-order chi connectivity index (χ1) is 20.1. The van der Waals surface area contributed by atoms with Crippen molar-refractivity contribution in [3.8, 4) is 34.5 Å². The highest BCUT2D eigenvalue weighted by atomic mass is 32.3. The fourth-order valence-corrected chi connectivity index (χ4v) is 2.83. The van der Waals surface area contributed by atoms with E-state index in [-0.39, 0.29) is 11.9 Å². The highest BCUT2D eigenvalue weighted by molar-refractivity contribution is 7.79. The van der Waals surface area contributed by atoms with E-state index in [9.17, 15) is 9.59 Å². The monoisotopic (exact) mass is 634 g/mol. The molecule has 0 atom stereocenters. The van der Waals surface area contributed by atoms with Gasteiger partial charge in [-0.25, -0.2) is 10.9 Å². The maximum Gasteiger partial charge on any atom is 0.360 e. The number of methoxy groups -OCH3 is 6. The minimum atomic E-state index is -5.17. The van der Waals surface area contributed by atoms with Crippen LogP contribution in [0.4, 0.5) is 0 Å². The van der Waals surface area contributed by atoms with Crippen molar-refractivity contribution in [2.75, 3.05) is 42.7 Å². The fourth-order valence-electron chi connectivity index (χ4n) is 2.83. The molecule has 0 aromatic heterocycles. The van der Waals surface area contributed by atoms with Crippen LogP contribution < -0.4 is 72.4 Å². The normalized spacial score (nSPS) is 9.67. The van der Waals surface area contributed by atoms with E-state index in [4.69, 9.17) is 68.9 Å². The molecule has 0 radical (unpaired) electrons. The molecule has 0 heterocycles. The largest absolute Gasteiger partial charge is 0.759 e. The Kier molecular flexibility index (Phi) is 15.8. The smallest absolute Gasteiger partial charge is 0.360 e. The first-order valence-corrected chi connectivity index (χ1v) is 12.5. The van der Waals surface area contributed by atoms with Crippen molar-refractivity contribution in [2.24, 2.45) is 22.9 Å². The van der Waals surface area contributed by atoms with Crippen LogP contribution in [0.1, 0.15) is 20.7 Å². The second-order valence-corrected chi connectivity index (χ2v) is 8.12. The molecule has 0 aliphatic carbocycles. The van der Waals surface area contributed by atoms with E-state index in [1.165, 1.54) is 66.9 Å². The Morgan fingerprint density at radius 2 is 0.837 bits per heavy atom. The van der Waals surface area contributed by atoms with Gasteiger partial charge >= 0.3 is 11.9 Å². The summed E-state index contributed by atoms with van der Waals surface area (Å²) >= 11 is 0. The Morgan fingerprint density at radius 3 is 1.00 bits per heavy atom. The first-order valence-electron chi connectivity index (χ1n) is 11.2. The molecule has 2 rings (SSSR count). The predicted octanol–water partition coefficient (Wildman–Crippen LogP) is -5.92. The summed E-state index contributed by atoms with van der Waals surface area (Å²) in [6.07, 6.45) is 0. The predicted molar refractivity (Wildman–Crippen MR) is 146 cm³/mol. The van der Waals surface area contributed by atoms with Gasteiger partial charge in [0.25, 0.3) is 11.8 Å². The zero-order valence-corrected chi connectivity index (χ0v) is 24.7. The van der Waals surface area contributed by atoms with Crippen molar-refractivity contribution < 1.29 is 65.7 Å². The molecule has 0 saturated carbocycles. The molecule has 0 spiro atoms. The number of benzene rings is 2. The highest BCUT2D eigenvalue weighted by Gasteiger charge is 2.18. The third-order valence-electron chi connectivity index (χ3n) is 4.49. The van der Waals surface area contributed by atoms with Gasteiger partial charge in [0.05, 0.1) is 42.7 Å². The molecule has 12 N–H and O–H groups in total. The third kappa shape index (κ3) is 13.7. The second kappa shape index (κ2) is 18.1. The molecule has 21 heteroatoms. The zero-order chi connectivity index (χ0) is 33.3. The number of hydrazine groups is 2. The Bertz CT molecular complexity index is 1260. The van der Waals surface area contributed by atoms with Crippen LogP contribution in [0.2, 0.25) is 0 Å². The summed E-state index contributed by atoms with van der Waals surface area (Å²) in [5.74, 6) is 1.14. The number of ether oxygens (including phenoxy) is 6. The van der Waals surface area contributed by atoms with Gasteiger partial charge in [-0.2, -0.15) is 10.2 Å². The van der Waals surface area contributed by atoms with Crippen molar-refractivity contribution in [1.29, 1.82) is 0 Å². The second-order valence-electron chi connectivity index (χ2n) is 7.31.